The zero-order valence-electron chi connectivity index (χ0n) is 12.7. The van der Waals surface area contributed by atoms with Crippen molar-refractivity contribution >= 4 is 11.8 Å². The largest absolute Gasteiger partial charge is 0.466 e. The van der Waals surface area contributed by atoms with Crippen molar-refractivity contribution in [2.24, 2.45) is 0 Å². The van der Waals surface area contributed by atoms with Crippen molar-refractivity contribution in [2.45, 2.75) is 40.2 Å². The molecular weight excluding hydrogens is 254 g/mol. The molecule has 0 amide bonds. The summed E-state index contributed by atoms with van der Waals surface area (Å²) in [6, 6.07) is 5.18. The predicted octanol–water partition coefficient (Wildman–Crippen LogP) is 2.42. The van der Waals surface area contributed by atoms with Crippen LogP contribution in [0.4, 0.5) is 0 Å². The van der Waals surface area contributed by atoms with E-state index in [2.05, 4.69) is 5.32 Å². The monoisotopic (exact) mass is 277 g/mol. The van der Waals surface area contributed by atoms with E-state index in [0.717, 1.165) is 11.1 Å². The Kier molecular flexibility index (Phi) is 6.39. The fourth-order valence-electron chi connectivity index (χ4n) is 2.17. The second-order valence-electron chi connectivity index (χ2n) is 4.80. The molecule has 0 aliphatic carbocycles. The highest BCUT2D eigenvalue weighted by molar-refractivity contribution is 6.02. The SMILES string of the molecule is CCNC(CC(=O)OCC)C(=O)c1ccc(C)cc1C. The molecule has 1 N–H and O–H groups in total. The van der Waals surface area contributed by atoms with Crippen LogP contribution in [0, 0.1) is 13.8 Å². The Labute approximate surface area is 120 Å². The summed E-state index contributed by atoms with van der Waals surface area (Å²) in [5.41, 5.74) is 2.71. The van der Waals surface area contributed by atoms with Gasteiger partial charge in [-0.2, -0.15) is 0 Å². The minimum Gasteiger partial charge on any atom is -0.466 e. The zero-order chi connectivity index (χ0) is 15.1. The predicted molar refractivity (Wildman–Crippen MR) is 79.0 cm³/mol. The van der Waals surface area contributed by atoms with Crippen LogP contribution in [0.1, 0.15) is 41.8 Å². The van der Waals surface area contributed by atoms with Gasteiger partial charge in [0.2, 0.25) is 0 Å². The average Bonchev–Trinajstić information content (AvgIpc) is 2.38. The Morgan fingerprint density at radius 1 is 1.25 bits per heavy atom. The highest BCUT2D eigenvalue weighted by Gasteiger charge is 2.23. The fourth-order valence-corrected chi connectivity index (χ4v) is 2.17. The van der Waals surface area contributed by atoms with Gasteiger partial charge in [-0.3, -0.25) is 9.59 Å². The molecule has 0 aliphatic heterocycles. The lowest BCUT2D eigenvalue weighted by Gasteiger charge is -2.17. The summed E-state index contributed by atoms with van der Waals surface area (Å²) >= 11 is 0. The Morgan fingerprint density at radius 2 is 1.95 bits per heavy atom. The third-order valence-corrected chi connectivity index (χ3v) is 3.09. The van der Waals surface area contributed by atoms with Crippen LogP contribution < -0.4 is 5.32 Å². The number of benzene rings is 1. The van der Waals surface area contributed by atoms with E-state index in [1.165, 1.54) is 0 Å². The molecule has 4 heteroatoms. The van der Waals surface area contributed by atoms with Crippen LogP contribution in [0.15, 0.2) is 18.2 Å². The van der Waals surface area contributed by atoms with Gasteiger partial charge in [0.1, 0.15) is 0 Å². The number of ether oxygens (including phenoxy) is 1. The van der Waals surface area contributed by atoms with E-state index in [-0.39, 0.29) is 18.2 Å². The van der Waals surface area contributed by atoms with E-state index in [1.807, 2.05) is 39.0 Å². The first-order valence-electron chi connectivity index (χ1n) is 7.00. The van der Waals surface area contributed by atoms with Gasteiger partial charge >= 0.3 is 5.97 Å². The Hall–Kier alpha value is -1.68. The molecule has 0 heterocycles. The third-order valence-electron chi connectivity index (χ3n) is 3.09. The number of nitrogens with one attached hydrogen (secondary N) is 1. The molecular formula is C16H23NO3. The lowest BCUT2D eigenvalue weighted by atomic mass is 9.96. The molecule has 0 saturated carbocycles. The van der Waals surface area contributed by atoms with Crippen LogP contribution in [0.3, 0.4) is 0 Å². The summed E-state index contributed by atoms with van der Waals surface area (Å²) < 4.78 is 4.92. The highest BCUT2D eigenvalue weighted by Crippen LogP contribution is 2.14. The standard InChI is InChI=1S/C16H23NO3/c1-5-17-14(10-15(18)20-6-2)16(19)13-8-7-11(3)9-12(13)4/h7-9,14,17H,5-6,10H2,1-4H3. The molecule has 0 aromatic heterocycles. The first kappa shape index (κ1) is 16.4. The summed E-state index contributed by atoms with van der Waals surface area (Å²) in [5.74, 6) is -0.408. The van der Waals surface area contributed by atoms with Crippen molar-refractivity contribution in [3.63, 3.8) is 0 Å². The van der Waals surface area contributed by atoms with Gasteiger partial charge in [0.05, 0.1) is 19.1 Å². The molecule has 1 unspecified atom stereocenters. The van der Waals surface area contributed by atoms with Gasteiger partial charge in [0, 0.05) is 5.56 Å². The Bertz CT molecular complexity index is 483. The van der Waals surface area contributed by atoms with Gasteiger partial charge in [-0.1, -0.05) is 30.7 Å². The Morgan fingerprint density at radius 3 is 2.50 bits per heavy atom. The maximum Gasteiger partial charge on any atom is 0.307 e. The van der Waals surface area contributed by atoms with E-state index in [9.17, 15) is 9.59 Å². The van der Waals surface area contributed by atoms with Crippen molar-refractivity contribution in [3.05, 3.63) is 34.9 Å². The van der Waals surface area contributed by atoms with E-state index < -0.39 is 6.04 Å². The summed E-state index contributed by atoms with van der Waals surface area (Å²) in [6.07, 6.45) is 0.0633. The number of likely N-dealkylation sites (N-methyl/N-ethyl adjacent to an activating group) is 1. The van der Waals surface area contributed by atoms with Crippen molar-refractivity contribution in [3.8, 4) is 0 Å². The molecule has 1 atom stereocenters. The molecule has 0 saturated heterocycles. The molecule has 0 radical (unpaired) electrons. The minimum absolute atomic E-state index is 0.0580. The molecule has 1 aromatic carbocycles. The highest BCUT2D eigenvalue weighted by atomic mass is 16.5. The first-order valence-corrected chi connectivity index (χ1v) is 7.00. The molecule has 1 aromatic rings. The number of Topliss-reactive ketones (excluding diaryl/α,β-unsaturated/α-hetero) is 1. The second kappa shape index (κ2) is 7.80. The number of aryl methyl sites for hydroxylation is 2. The number of esters is 1. The lowest BCUT2D eigenvalue weighted by molar-refractivity contribution is -0.143. The van der Waals surface area contributed by atoms with Gasteiger partial charge in [0.15, 0.2) is 5.78 Å². The number of carbonyl (C=O) groups excluding carboxylic acids is 2. The molecule has 4 nitrogen and oxygen atoms in total. The summed E-state index contributed by atoms with van der Waals surface area (Å²) in [7, 11) is 0. The number of carbonyl (C=O) groups is 2. The second-order valence-corrected chi connectivity index (χ2v) is 4.80. The Balaban J connectivity index is 2.90. The summed E-state index contributed by atoms with van der Waals surface area (Å²) in [4.78, 5) is 24.1. The summed E-state index contributed by atoms with van der Waals surface area (Å²) in [5, 5.41) is 3.06. The maximum absolute atomic E-state index is 12.5. The molecule has 110 valence electrons. The van der Waals surface area contributed by atoms with Crippen LogP contribution in [0.5, 0.6) is 0 Å². The summed E-state index contributed by atoms with van der Waals surface area (Å²) in [6.45, 7) is 8.52. The van der Waals surface area contributed by atoms with Crippen LogP contribution in [-0.4, -0.2) is 30.9 Å². The van der Waals surface area contributed by atoms with Gasteiger partial charge in [-0.15, -0.1) is 0 Å². The van der Waals surface area contributed by atoms with Gasteiger partial charge in [-0.25, -0.2) is 0 Å². The number of ketones is 1. The number of rotatable bonds is 7. The molecule has 0 spiro atoms. The van der Waals surface area contributed by atoms with Crippen molar-refractivity contribution in [1.82, 2.24) is 5.32 Å². The third kappa shape index (κ3) is 4.46. The lowest BCUT2D eigenvalue weighted by Crippen LogP contribution is -2.39. The molecule has 0 bridgehead atoms. The smallest absolute Gasteiger partial charge is 0.307 e. The quantitative estimate of drug-likeness (QED) is 0.614. The van der Waals surface area contributed by atoms with Crippen molar-refractivity contribution in [2.75, 3.05) is 13.2 Å². The van der Waals surface area contributed by atoms with E-state index in [4.69, 9.17) is 4.74 Å². The van der Waals surface area contributed by atoms with Crippen LogP contribution in [0.2, 0.25) is 0 Å². The fraction of sp³-hybridized carbons (Fsp3) is 0.500. The van der Waals surface area contributed by atoms with Crippen LogP contribution in [0.25, 0.3) is 0 Å². The molecule has 0 fully saturated rings. The minimum atomic E-state index is -0.527. The maximum atomic E-state index is 12.5. The normalized spacial score (nSPS) is 12.0. The van der Waals surface area contributed by atoms with E-state index >= 15 is 0 Å². The molecule has 0 aliphatic rings. The number of hydrogen-bond donors (Lipinski definition) is 1. The topological polar surface area (TPSA) is 55.4 Å². The first-order chi connectivity index (χ1) is 9.49. The zero-order valence-corrected chi connectivity index (χ0v) is 12.7. The number of hydrogen-bond acceptors (Lipinski definition) is 4. The molecule has 20 heavy (non-hydrogen) atoms. The van der Waals surface area contributed by atoms with Gasteiger partial charge in [0.25, 0.3) is 0 Å². The van der Waals surface area contributed by atoms with E-state index in [1.54, 1.807) is 6.92 Å². The van der Waals surface area contributed by atoms with Crippen LogP contribution >= 0.6 is 0 Å². The van der Waals surface area contributed by atoms with E-state index in [0.29, 0.717) is 18.7 Å². The average molecular weight is 277 g/mol. The van der Waals surface area contributed by atoms with Gasteiger partial charge < -0.3 is 10.1 Å². The van der Waals surface area contributed by atoms with Crippen molar-refractivity contribution < 1.29 is 14.3 Å². The van der Waals surface area contributed by atoms with Gasteiger partial charge in [-0.05, 0) is 32.9 Å². The molecule has 1 rings (SSSR count). The van der Waals surface area contributed by atoms with Crippen LogP contribution in [-0.2, 0) is 9.53 Å². The van der Waals surface area contributed by atoms with Crippen molar-refractivity contribution in [1.29, 1.82) is 0 Å².